The SMILES string of the molecule is C[C@@H]1CCC[C@H](n2cnc(-c3cc(Cl)ccc3-n3cc(Cl)nn3)cc2=O)c2cc(ccn2)-c2c(cnn2C(F)(F)C(=O)OF)NC1=O. The number of alkyl halides is 2. The number of pyridine rings is 1. The van der Waals surface area contributed by atoms with E-state index in [1.54, 1.807) is 25.1 Å². The summed E-state index contributed by atoms with van der Waals surface area (Å²) in [6, 6.07) is 3.65. The van der Waals surface area contributed by atoms with Crippen molar-refractivity contribution in [3.05, 3.63) is 87.5 Å². The molecule has 0 fully saturated rings. The van der Waals surface area contributed by atoms with Crippen LogP contribution in [0.15, 0.2) is 66.1 Å². The van der Waals surface area contributed by atoms with Gasteiger partial charge in [-0.05, 0) is 43.2 Å². The van der Waals surface area contributed by atoms with Crippen molar-refractivity contribution in [2.24, 2.45) is 5.92 Å². The molecule has 0 radical (unpaired) electrons. The number of hydrogen-bond donors (Lipinski definition) is 1. The van der Waals surface area contributed by atoms with E-state index in [0.717, 1.165) is 6.20 Å². The van der Waals surface area contributed by atoms with Crippen LogP contribution in [-0.4, -0.2) is 51.2 Å². The van der Waals surface area contributed by atoms with E-state index in [4.69, 9.17) is 23.2 Å². The summed E-state index contributed by atoms with van der Waals surface area (Å²) in [4.78, 5) is 50.2. The second kappa shape index (κ2) is 12.6. The molecule has 2 atom stereocenters. The monoisotopic (exact) mass is 687 g/mol. The van der Waals surface area contributed by atoms with Crippen LogP contribution in [0, 0.1) is 5.92 Å². The van der Waals surface area contributed by atoms with Gasteiger partial charge in [-0.15, -0.1) is 5.10 Å². The van der Waals surface area contributed by atoms with Gasteiger partial charge in [0, 0.05) is 38.9 Å². The Bertz CT molecular complexity index is 2070. The zero-order valence-electron chi connectivity index (χ0n) is 24.2. The molecular weight excluding hydrogens is 666 g/mol. The first-order chi connectivity index (χ1) is 22.5. The Morgan fingerprint density at radius 2 is 1.91 bits per heavy atom. The number of rotatable bonds is 5. The third-order valence-corrected chi connectivity index (χ3v) is 8.09. The summed E-state index contributed by atoms with van der Waals surface area (Å²) in [5.41, 5.74) is 0.529. The third-order valence-electron chi connectivity index (χ3n) is 7.69. The lowest BCUT2D eigenvalue weighted by Crippen LogP contribution is -2.35. The van der Waals surface area contributed by atoms with Gasteiger partial charge in [-0.3, -0.25) is 19.1 Å². The average Bonchev–Trinajstić information content (AvgIpc) is 3.69. The number of benzene rings is 1. The number of carbonyl (C=O) groups excluding carboxylic acids is 2. The lowest BCUT2D eigenvalue weighted by Gasteiger charge is -2.23. The maximum Gasteiger partial charge on any atom is 0.446 e. The van der Waals surface area contributed by atoms with Crippen LogP contribution in [0.2, 0.25) is 10.2 Å². The van der Waals surface area contributed by atoms with Crippen molar-refractivity contribution >= 4 is 40.8 Å². The van der Waals surface area contributed by atoms with E-state index in [0.29, 0.717) is 35.5 Å². The van der Waals surface area contributed by atoms with Crippen molar-refractivity contribution in [2.75, 3.05) is 5.32 Å². The van der Waals surface area contributed by atoms with Gasteiger partial charge < -0.3 is 5.32 Å². The molecule has 0 unspecified atom stereocenters. The minimum absolute atomic E-state index is 0.0392. The summed E-state index contributed by atoms with van der Waals surface area (Å²) in [5.74, 6) is -3.59. The number of nitrogens with one attached hydrogen (secondary N) is 1. The maximum absolute atomic E-state index is 15.0. The molecule has 1 aromatic carbocycles. The summed E-state index contributed by atoms with van der Waals surface area (Å²) in [6.45, 7) is 1.65. The van der Waals surface area contributed by atoms with Crippen LogP contribution in [0.25, 0.3) is 28.2 Å². The highest BCUT2D eigenvalue weighted by molar-refractivity contribution is 6.31. The Balaban J connectivity index is 1.46. The molecular formula is C29H22Cl2F3N9O4. The maximum atomic E-state index is 15.0. The van der Waals surface area contributed by atoms with Gasteiger partial charge >= 0.3 is 12.0 Å². The number of amides is 1. The van der Waals surface area contributed by atoms with Gasteiger partial charge in [0.05, 0.1) is 53.2 Å². The van der Waals surface area contributed by atoms with Crippen LogP contribution < -0.4 is 10.9 Å². The number of nitrogens with zero attached hydrogens (tertiary/aromatic N) is 8. The van der Waals surface area contributed by atoms with Crippen molar-refractivity contribution < 1.29 is 27.8 Å². The highest BCUT2D eigenvalue weighted by atomic mass is 35.5. The van der Waals surface area contributed by atoms with Crippen LogP contribution in [-0.2, 0) is 20.6 Å². The van der Waals surface area contributed by atoms with Crippen molar-refractivity contribution in [1.82, 2.24) is 39.3 Å². The van der Waals surface area contributed by atoms with E-state index < -0.39 is 41.1 Å². The molecule has 0 spiro atoms. The van der Waals surface area contributed by atoms with Gasteiger partial charge in [0.15, 0.2) is 5.15 Å². The number of fused-ring (bicyclic) bond motifs is 4. The first kappa shape index (κ1) is 31.9. The molecule has 1 aliphatic rings. The summed E-state index contributed by atoms with van der Waals surface area (Å²) in [5, 5.41) is 14.5. The third kappa shape index (κ3) is 6.08. The van der Waals surface area contributed by atoms with Gasteiger partial charge in [-0.25, -0.2) is 19.4 Å². The second-order valence-corrected chi connectivity index (χ2v) is 11.5. The van der Waals surface area contributed by atoms with Crippen LogP contribution >= 0.6 is 23.2 Å². The Kier molecular flexibility index (Phi) is 8.55. The smallest absolute Gasteiger partial charge is 0.323 e. The molecule has 1 N–H and O–H groups in total. The molecule has 0 saturated carbocycles. The van der Waals surface area contributed by atoms with E-state index in [2.05, 4.69) is 35.6 Å². The fraction of sp³-hybridized carbons (Fsp3) is 0.241. The predicted molar refractivity (Wildman–Crippen MR) is 162 cm³/mol. The molecule has 242 valence electrons. The van der Waals surface area contributed by atoms with Gasteiger partial charge in [-0.1, -0.05) is 41.8 Å². The van der Waals surface area contributed by atoms with Gasteiger partial charge in [-0.2, -0.15) is 18.6 Å². The molecule has 5 aromatic rings. The first-order valence-corrected chi connectivity index (χ1v) is 14.8. The topological polar surface area (TPSA) is 152 Å². The van der Waals surface area contributed by atoms with Crippen molar-refractivity contribution in [2.45, 2.75) is 38.3 Å². The first-order valence-electron chi connectivity index (χ1n) is 14.0. The van der Waals surface area contributed by atoms with Crippen LogP contribution in [0.5, 0.6) is 0 Å². The van der Waals surface area contributed by atoms with Crippen LogP contribution in [0.4, 0.5) is 19.0 Å². The molecule has 1 aliphatic heterocycles. The normalized spacial score (nSPS) is 16.9. The van der Waals surface area contributed by atoms with E-state index >= 15 is 0 Å². The molecule has 5 heterocycles. The molecule has 47 heavy (non-hydrogen) atoms. The zero-order chi connectivity index (χ0) is 33.5. The Morgan fingerprint density at radius 1 is 1.11 bits per heavy atom. The van der Waals surface area contributed by atoms with E-state index in [-0.39, 0.29) is 32.5 Å². The fourth-order valence-electron chi connectivity index (χ4n) is 5.34. The van der Waals surface area contributed by atoms with Crippen molar-refractivity contribution in [3.8, 4) is 28.2 Å². The quantitative estimate of drug-likeness (QED) is 0.257. The number of carbonyl (C=O) groups is 2. The van der Waals surface area contributed by atoms with E-state index in [1.807, 2.05) is 0 Å². The minimum Gasteiger partial charge on any atom is -0.323 e. The fourth-order valence-corrected chi connectivity index (χ4v) is 5.64. The van der Waals surface area contributed by atoms with Crippen LogP contribution in [0.1, 0.15) is 37.9 Å². The largest absolute Gasteiger partial charge is 0.446 e. The number of hydrogen-bond acceptors (Lipinski definition) is 9. The molecule has 1 amide bonds. The lowest BCUT2D eigenvalue weighted by atomic mass is 9.97. The molecule has 13 nitrogen and oxygen atoms in total. The lowest BCUT2D eigenvalue weighted by molar-refractivity contribution is -0.227. The number of anilines is 1. The van der Waals surface area contributed by atoms with Gasteiger partial charge in [0.2, 0.25) is 5.91 Å². The minimum atomic E-state index is -4.58. The molecule has 18 heteroatoms. The Morgan fingerprint density at radius 3 is 2.64 bits per heavy atom. The second-order valence-electron chi connectivity index (χ2n) is 10.7. The Labute approximate surface area is 272 Å². The van der Waals surface area contributed by atoms with Gasteiger partial charge in [0.1, 0.15) is 0 Å². The molecule has 4 aromatic heterocycles. The highest BCUT2D eigenvalue weighted by Crippen LogP contribution is 2.37. The molecule has 0 aliphatic carbocycles. The molecule has 0 saturated heterocycles. The summed E-state index contributed by atoms with van der Waals surface area (Å²) in [6.07, 6.45) is 6.19. The average molecular weight is 688 g/mol. The van der Waals surface area contributed by atoms with Crippen molar-refractivity contribution in [3.63, 3.8) is 0 Å². The van der Waals surface area contributed by atoms with E-state index in [1.165, 1.54) is 46.2 Å². The summed E-state index contributed by atoms with van der Waals surface area (Å²) < 4.78 is 45.3. The van der Waals surface area contributed by atoms with E-state index in [9.17, 15) is 27.7 Å². The van der Waals surface area contributed by atoms with Crippen LogP contribution in [0.3, 0.4) is 0 Å². The molecule has 2 bridgehead atoms. The standard InChI is InChI=1S/C29H22Cl2F3N9O4/c1-15-3-2-4-23(41-14-36-19(11-25(41)44)18-10-17(30)5-6-22(18)42-13-24(31)39-40-42)20-9-16(7-8-35-20)26-21(38-27(15)45)12-37-43(26)29(32,33)28(46)47-34/h5-15,23H,2-4H2,1H3,(H,38,45)/t15-,23+/m1/s1. The van der Waals surface area contributed by atoms with Gasteiger partial charge in [0.25, 0.3) is 5.56 Å². The Hall–Kier alpha value is -5.09. The van der Waals surface area contributed by atoms with Crippen molar-refractivity contribution in [1.29, 1.82) is 0 Å². The summed E-state index contributed by atoms with van der Waals surface area (Å²) >= 11 is 12.2. The highest BCUT2D eigenvalue weighted by Gasteiger charge is 2.47. The number of halogens is 5. The summed E-state index contributed by atoms with van der Waals surface area (Å²) in [7, 11) is 0. The molecule has 6 rings (SSSR count). The zero-order valence-corrected chi connectivity index (χ0v) is 25.7. The predicted octanol–water partition coefficient (Wildman–Crippen LogP) is 5.38. The number of aromatic nitrogens is 8.